The molecule has 4 N–H and O–H groups in total. The lowest BCUT2D eigenvalue weighted by atomic mass is 10.6. The third kappa shape index (κ3) is 3.23. The number of nitrogens with zero attached hydrogens (tertiary/aromatic N) is 5. The monoisotopic (exact) mass is 206 g/mol. The van der Waals surface area contributed by atoms with Crippen LogP contribution in [0.25, 0.3) is 0 Å². The van der Waals surface area contributed by atoms with Gasteiger partial charge in [0.05, 0.1) is 0 Å². The van der Waals surface area contributed by atoms with E-state index < -0.39 is 5.91 Å². The van der Waals surface area contributed by atoms with Gasteiger partial charge in [-0.2, -0.15) is 15.5 Å². The van der Waals surface area contributed by atoms with E-state index in [-0.39, 0.29) is 11.6 Å². The van der Waals surface area contributed by atoms with Crippen molar-refractivity contribution in [1.29, 1.82) is 5.26 Å². The van der Waals surface area contributed by atoms with E-state index in [0.717, 1.165) is 0 Å². The van der Waals surface area contributed by atoms with Crippen molar-refractivity contribution >= 4 is 5.91 Å². The highest BCUT2D eigenvalue weighted by Crippen LogP contribution is 1.78. The molecule has 0 fully saturated rings. The Bertz CT molecular complexity index is 438. The first-order chi connectivity index (χ1) is 7.24. The lowest BCUT2D eigenvalue weighted by molar-refractivity contribution is 0.0991. The van der Waals surface area contributed by atoms with E-state index in [1.54, 1.807) is 6.07 Å². The number of aromatic nitrogens is 6. The zero-order valence-corrected chi connectivity index (χ0v) is 7.38. The molecule has 2 rings (SSSR count). The molecule has 1 amide bonds. The first-order valence-corrected chi connectivity index (χ1v) is 3.64. The molecule has 0 saturated heterocycles. The highest BCUT2D eigenvalue weighted by Gasteiger charge is 1.98. The van der Waals surface area contributed by atoms with Gasteiger partial charge < -0.3 is 5.73 Å². The number of amides is 1. The summed E-state index contributed by atoms with van der Waals surface area (Å²) in [6.45, 7) is 0. The van der Waals surface area contributed by atoms with Crippen molar-refractivity contribution < 1.29 is 4.79 Å². The number of carbonyl (C=O) groups is 1. The predicted molar refractivity (Wildman–Crippen MR) is 46.0 cm³/mol. The van der Waals surface area contributed by atoms with E-state index in [0.29, 0.717) is 0 Å². The number of primary amides is 1. The van der Waals surface area contributed by atoms with Crippen molar-refractivity contribution in [2.75, 3.05) is 0 Å². The minimum Gasteiger partial charge on any atom is -0.363 e. The third-order valence-corrected chi connectivity index (χ3v) is 1.17. The van der Waals surface area contributed by atoms with Crippen LogP contribution in [0.1, 0.15) is 16.4 Å². The largest absolute Gasteiger partial charge is 0.363 e. The number of rotatable bonds is 1. The van der Waals surface area contributed by atoms with Gasteiger partial charge in [0.2, 0.25) is 11.6 Å². The zero-order chi connectivity index (χ0) is 11.1. The minimum atomic E-state index is -0.595. The van der Waals surface area contributed by atoms with Gasteiger partial charge in [0.25, 0.3) is 5.91 Å². The Labute approximate surface area is 83.4 Å². The van der Waals surface area contributed by atoms with Crippen molar-refractivity contribution in [3.05, 3.63) is 24.3 Å². The number of nitriles is 1. The van der Waals surface area contributed by atoms with Gasteiger partial charge in [0, 0.05) is 0 Å². The number of H-pyrrole nitrogens is 2. The Morgan fingerprint density at radius 3 is 2.27 bits per heavy atom. The molecule has 0 aliphatic rings. The number of hydrogen-bond donors (Lipinski definition) is 3. The normalized spacial score (nSPS) is 8.47. The summed E-state index contributed by atoms with van der Waals surface area (Å²) >= 11 is 0. The summed E-state index contributed by atoms with van der Waals surface area (Å²) in [5.41, 5.74) is 4.79. The summed E-state index contributed by atoms with van der Waals surface area (Å²) < 4.78 is 0. The molecule has 2 aromatic rings. The van der Waals surface area contributed by atoms with Gasteiger partial charge in [-0.15, -0.1) is 0 Å². The average molecular weight is 206 g/mol. The Balaban J connectivity index is 0.000000151. The van der Waals surface area contributed by atoms with Crippen LogP contribution in [0.3, 0.4) is 0 Å². The maximum Gasteiger partial charge on any atom is 0.286 e. The summed E-state index contributed by atoms with van der Waals surface area (Å²) in [5.74, 6) is -0.257. The average Bonchev–Trinajstić information content (AvgIpc) is 2.92. The van der Waals surface area contributed by atoms with Crippen LogP contribution in [0.4, 0.5) is 0 Å². The van der Waals surface area contributed by atoms with Gasteiger partial charge in [-0.05, 0) is 0 Å². The van der Waals surface area contributed by atoms with Crippen LogP contribution in [-0.2, 0) is 0 Å². The summed E-state index contributed by atoms with van der Waals surface area (Å²) in [6, 6.07) is 1.78. The maximum atomic E-state index is 10.2. The van der Waals surface area contributed by atoms with Crippen molar-refractivity contribution in [2.45, 2.75) is 0 Å². The van der Waals surface area contributed by atoms with Crippen molar-refractivity contribution in [3.63, 3.8) is 0 Å². The number of nitrogens with one attached hydrogen (secondary N) is 2. The Hall–Kier alpha value is -2.76. The van der Waals surface area contributed by atoms with E-state index in [2.05, 4.69) is 30.4 Å². The first kappa shape index (κ1) is 10.3. The Morgan fingerprint density at radius 2 is 2.00 bits per heavy atom. The fourth-order valence-electron chi connectivity index (χ4n) is 0.584. The van der Waals surface area contributed by atoms with Crippen molar-refractivity contribution in [3.8, 4) is 6.07 Å². The van der Waals surface area contributed by atoms with Gasteiger partial charge in [0.15, 0.2) is 0 Å². The third-order valence-electron chi connectivity index (χ3n) is 1.17. The molecule has 0 radical (unpaired) electrons. The molecule has 0 unspecified atom stereocenters. The zero-order valence-electron chi connectivity index (χ0n) is 7.38. The van der Waals surface area contributed by atoms with Gasteiger partial charge >= 0.3 is 0 Å². The highest BCUT2D eigenvalue weighted by molar-refractivity contribution is 5.88. The van der Waals surface area contributed by atoms with Crippen molar-refractivity contribution in [1.82, 2.24) is 30.4 Å². The molecule has 15 heavy (non-hydrogen) atoms. The maximum absolute atomic E-state index is 10.2. The van der Waals surface area contributed by atoms with Crippen LogP contribution in [0.15, 0.2) is 12.7 Å². The quantitative estimate of drug-likeness (QED) is 0.521. The standard InChI is InChI=1S/C3H4N4O.C3H2N4/c4-2(8)3-5-1-6-7-3;4-1-3-5-2-6-7-3/h1H,(H2,4,8)(H,5,6,7);2H,(H,5,6,7). The molecule has 0 atom stereocenters. The van der Waals surface area contributed by atoms with Crippen LogP contribution in [0.2, 0.25) is 0 Å². The first-order valence-electron chi connectivity index (χ1n) is 3.64. The molecule has 0 saturated carbocycles. The second kappa shape index (κ2) is 5.07. The van der Waals surface area contributed by atoms with E-state index >= 15 is 0 Å². The summed E-state index contributed by atoms with van der Waals surface area (Å²) in [5, 5.41) is 19.5. The highest BCUT2D eigenvalue weighted by atomic mass is 16.1. The van der Waals surface area contributed by atoms with E-state index in [1.807, 2.05) is 0 Å². The van der Waals surface area contributed by atoms with E-state index in [1.165, 1.54) is 12.7 Å². The lowest BCUT2D eigenvalue weighted by Crippen LogP contribution is -2.12. The SMILES string of the molecule is N#Cc1ncn[nH]1.NC(=O)c1ncn[nH]1. The van der Waals surface area contributed by atoms with Gasteiger partial charge in [-0.1, -0.05) is 0 Å². The summed E-state index contributed by atoms with van der Waals surface area (Å²) in [4.78, 5) is 17.1. The second-order valence-corrected chi connectivity index (χ2v) is 2.14. The second-order valence-electron chi connectivity index (χ2n) is 2.14. The molecular weight excluding hydrogens is 200 g/mol. The molecule has 0 aliphatic heterocycles. The van der Waals surface area contributed by atoms with Crippen molar-refractivity contribution in [2.24, 2.45) is 5.73 Å². The fourth-order valence-corrected chi connectivity index (χ4v) is 0.584. The number of nitrogens with two attached hydrogens (primary N) is 1. The molecule has 0 aromatic carbocycles. The molecule has 9 nitrogen and oxygen atoms in total. The van der Waals surface area contributed by atoms with E-state index in [4.69, 9.17) is 11.0 Å². The molecule has 2 heterocycles. The van der Waals surface area contributed by atoms with Crippen LogP contribution < -0.4 is 5.73 Å². The molecule has 76 valence electrons. The molecule has 0 spiro atoms. The summed E-state index contributed by atoms with van der Waals surface area (Å²) in [6.07, 6.45) is 2.51. The molecular formula is C6H6N8O. The molecule has 2 aromatic heterocycles. The number of carbonyl (C=O) groups excluding carboxylic acids is 1. The van der Waals surface area contributed by atoms with Gasteiger partial charge in [-0.25, -0.2) is 9.97 Å². The van der Waals surface area contributed by atoms with Gasteiger partial charge in [-0.3, -0.25) is 15.0 Å². The fraction of sp³-hybridized carbons (Fsp3) is 0. The minimum absolute atomic E-state index is 0.0880. The molecule has 0 bridgehead atoms. The molecule has 0 aliphatic carbocycles. The number of aromatic amines is 2. The smallest absolute Gasteiger partial charge is 0.286 e. The number of hydrogen-bond acceptors (Lipinski definition) is 6. The van der Waals surface area contributed by atoms with E-state index in [9.17, 15) is 4.79 Å². The predicted octanol–water partition coefficient (Wildman–Crippen LogP) is -1.42. The van der Waals surface area contributed by atoms with Crippen LogP contribution in [0, 0.1) is 11.3 Å². The van der Waals surface area contributed by atoms with Gasteiger partial charge in [0.1, 0.15) is 18.7 Å². The Morgan fingerprint density at radius 1 is 1.33 bits per heavy atom. The lowest BCUT2D eigenvalue weighted by Gasteiger charge is -1.78. The van der Waals surface area contributed by atoms with Crippen LogP contribution in [0.5, 0.6) is 0 Å². The Kier molecular flexibility index (Phi) is 3.49. The van der Waals surface area contributed by atoms with Crippen LogP contribution >= 0.6 is 0 Å². The topological polar surface area (TPSA) is 150 Å². The summed E-state index contributed by atoms with van der Waals surface area (Å²) in [7, 11) is 0. The molecule has 9 heteroatoms. The van der Waals surface area contributed by atoms with Crippen LogP contribution in [-0.4, -0.2) is 36.3 Å².